The highest BCUT2D eigenvalue weighted by atomic mass is 32.2. The van der Waals surface area contributed by atoms with Crippen LogP contribution in [0.1, 0.15) is 36.0 Å². The van der Waals surface area contributed by atoms with Gasteiger partial charge >= 0.3 is 0 Å². The fourth-order valence-corrected chi connectivity index (χ4v) is 4.89. The molecule has 2 aromatic rings. The molecular formula is C23H30N4O5S. The summed E-state index contributed by atoms with van der Waals surface area (Å²) in [6.45, 7) is 4.42. The molecule has 0 spiro atoms. The number of piperidine rings is 1. The first-order valence-corrected chi connectivity index (χ1v) is 12.8. The van der Waals surface area contributed by atoms with Crippen LogP contribution in [0.15, 0.2) is 42.5 Å². The third kappa shape index (κ3) is 6.75. The van der Waals surface area contributed by atoms with Gasteiger partial charge in [-0.3, -0.25) is 24.1 Å². The van der Waals surface area contributed by atoms with Crippen molar-refractivity contribution in [1.82, 2.24) is 10.2 Å². The number of sulfonamides is 1. The van der Waals surface area contributed by atoms with E-state index in [2.05, 4.69) is 10.2 Å². The monoisotopic (exact) mass is 474 g/mol. The number of benzene rings is 2. The molecule has 1 N–H and O–H groups in total. The van der Waals surface area contributed by atoms with E-state index in [-0.39, 0.29) is 23.5 Å². The molecule has 0 aliphatic carbocycles. The van der Waals surface area contributed by atoms with E-state index in [1.807, 2.05) is 24.3 Å². The largest absolute Gasteiger partial charge is 0.350 e. The Morgan fingerprint density at radius 1 is 1.09 bits per heavy atom. The zero-order valence-corrected chi connectivity index (χ0v) is 19.8. The van der Waals surface area contributed by atoms with E-state index < -0.39 is 27.4 Å². The van der Waals surface area contributed by atoms with E-state index in [9.17, 15) is 23.3 Å². The van der Waals surface area contributed by atoms with E-state index in [0.717, 1.165) is 35.8 Å². The molecule has 2 aromatic carbocycles. The molecule has 0 radical (unpaired) electrons. The Morgan fingerprint density at radius 2 is 1.73 bits per heavy atom. The maximum atomic E-state index is 12.5. The van der Waals surface area contributed by atoms with Gasteiger partial charge in [-0.25, -0.2) is 8.42 Å². The van der Waals surface area contributed by atoms with E-state index in [4.69, 9.17) is 0 Å². The number of carbonyl (C=O) groups excluding carboxylic acids is 1. The maximum absolute atomic E-state index is 12.5. The number of carbonyl (C=O) groups is 1. The lowest BCUT2D eigenvalue weighted by Gasteiger charge is -2.26. The molecule has 0 saturated carbocycles. The van der Waals surface area contributed by atoms with Crippen LogP contribution in [0.2, 0.25) is 0 Å². The summed E-state index contributed by atoms with van der Waals surface area (Å²) in [5.41, 5.74) is 2.22. The van der Waals surface area contributed by atoms with E-state index in [1.54, 1.807) is 0 Å². The number of nitro benzene ring substituents is 1. The number of nitrogens with one attached hydrogen (secondary N) is 1. The Labute approximate surface area is 194 Å². The number of hydrogen-bond acceptors (Lipinski definition) is 6. The SMILES string of the molecule is Cc1c(N(CC(=O)NCc2ccc(CN3CCCCC3)cc2)S(C)(=O)=O)cccc1[N+](=O)[O-]. The molecular weight excluding hydrogens is 444 g/mol. The standard InChI is InChI=1S/C23H30N4O5S/c1-18-21(7-6-8-22(18)27(29)30)26(33(2,31)32)17-23(28)24-15-19-9-11-20(12-10-19)16-25-13-4-3-5-14-25/h6-12H,3-5,13-17H2,1-2H3,(H,24,28). The smallest absolute Gasteiger partial charge is 0.274 e. The summed E-state index contributed by atoms with van der Waals surface area (Å²) >= 11 is 0. The van der Waals surface area contributed by atoms with Crippen molar-refractivity contribution in [1.29, 1.82) is 0 Å². The van der Waals surface area contributed by atoms with Crippen molar-refractivity contribution in [3.8, 4) is 0 Å². The number of amides is 1. The predicted molar refractivity (Wildman–Crippen MR) is 127 cm³/mol. The molecule has 0 atom stereocenters. The van der Waals surface area contributed by atoms with Crippen LogP contribution < -0.4 is 9.62 Å². The van der Waals surface area contributed by atoms with E-state index in [0.29, 0.717) is 0 Å². The first-order valence-electron chi connectivity index (χ1n) is 10.9. The molecule has 9 nitrogen and oxygen atoms in total. The van der Waals surface area contributed by atoms with Crippen LogP contribution in [0.25, 0.3) is 0 Å². The lowest BCUT2D eigenvalue weighted by Crippen LogP contribution is -2.40. The van der Waals surface area contributed by atoms with Crippen LogP contribution in [0.5, 0.6) is 0 Å². The maximum Gasteiger partial charge on any atom is 0.274 e. The van der Waals surface area contributed by atoms with Crippen LogP contribution in [0.3, 0.4) is 0 Å². The van der Waals surface area contributed by atoms with Crippen molar-refractivity contribution in [2.75, 3.05) is 30.2 Å². The van der Waals surface area contributed by atoms with Gasteiger partial charge in [0.25, 0.3) is 5.69 Å². The second-order valence-corrected chi connectivity index (χ2v) is 10.3. The zero-order valence-electron chi connectivity index (χ0n) is 19.0. The van der Waals surface area contributed by atoms with Crippen molar-refractivity contribution in [3.05, 3.63) is 69.3 Å². The molecule has 178 valence electrons. The van der Waals surface area contributed by atoms with E-state index in [1.165, 1.54) is 49.9 Å². The lowest BCUT2D eigenvalue weighted by molar-refractivity contribution is -0.385. The van der Waals surface area contributed by atoms with Crippen LogP contribution in [-0.2, 0) is 27.9 Å². The second-order valence-electron chi connectivity index (χ2n) is 8.38. The van der Waals surface area contributed by atoms with Crippen molar-refractivity contribution < 1.29 is 18.1 Å². The van der Waals surface area contributed by atoms with Crippen LogP contribution in [-0.4, -0.2) is 50.0 Å². The predicted octanol–water partition coefficient (Wildman–Crippen LogP) is 2.97. The quantitative estimate of drug-likeness (QED) is 0.442. The van der Waals surface area contributed by atoms with Gasteiger partial charge in [0.15, 0.2) is 0 Å². The molecule has 0 aromatic heterocycles. The topological polar surface area (TPSA) is 113 Å². The Bertz CT molecular complexity index is 1100. The molecule has 1 saturated heterocycles. The van der Waals surface area contributed by atoms with Gasteiger partial charge < -0.3 is 5.32 Å². The minimum atomic E-state index is -3.84. The van der Waals surface area contributed by atoms with Crippen LogP contribution in [0.4, 0.5) is 11.4 Å². The Kier molecular flexibility index (Phi) is 8.04. The fourth-order valence-electron chi connectivity index (χ4n) is 3.99. The molecule has 10 heteroatoms. The highest BCUT2D eigenvalue weighted by Gasteiger charge is 2.25. The average molecular weight is 475 g/mol. The van der Waals surface area contributed by atoms with Gasteiger partial charge in [-0.1, -0.05) is 36.8 Å². The van der Waals surface area contributed by atoms with Crippen LogP contribution in [0, 0.1) is 17.0 Å². The molecule has 3 rings (SSSR count). The number of anilines is 1. The summed E-state index contributed by atoms with van der Waals surface area (Å²) in [5.74, 6) is -0.497. The summed E-state index contributed by atoms with van der Waals surface area (Å²) in [7, 11) is -3.84. The molecule has 1 aliphatic heterocycles. The molecule has 0 unspecified atom stereocenters. The molecule has 1 aliphatic rings. The molecule has 0 bridgehead atoms. The van der Waals surface area contributed by atoms with Crippen LogP contribution >= 0.6 is 0 Å². The zero-order chi connectivity index (χ0) is 24.0. The first-order chi connectivity index (χ1) is 15.6. The average Bonchev–Trinajstić information content (AvgIpc) is 2.77. The molecule has 1 heterocycles. The lowest BCUT2D eigenvalue weighted by atomic mass is 10.1. The third-order valence-electron chi connectivity index (χ3n) is 5.80. The van der Waals surface area contributed by atoms with Gasteiger partial charge in [0.1, 0.15) is 6.54 Å². The Balaban J connectivity index is 1.62. The third-order valence-corrected chi connectivity index (χ3v) is 6.92. The highest BCUT2D eigenvalue weighted by Crippen LogP contribution is 2.29. The number of nitrogens with zero attached hydrogens (tertiary/aromatic N) is 3. The second kappa shape index (κ2) is 10.8. The van der Waals surface area contributed by atoms with Crippen molar-refractivity contribution in [2.45, 2.75) is 39.3 Å². The Morgan fingerprint density at radius 3 is 2.33 bits per heavy atom. The van der Waals surface area contributed by atoms with Gasteiger partial charge in [0.2, 0.25) is 15.9 Å². The Hall–Kier alpha value is -2.98. The summed E-state index contributed by atoms with van der Waals surface area (Å²) in [5, 5.41) is 14.0. The molecule has 33 heavy (non-hydrogen) atoms. The number of rotatable bonds is 9. The summed E-state index contributed by atoms with van der Waals surface area (Å²) < 4.78 is 25.6. The minimum Gasteiger partial charge on any atom is -0.350 e. The molecule has 1 amide bonds. The summed E-state index contributed by atoms with van der Waals surface area (Å²) in [4.78, 5) is 25.6. The van der Waals surface area contributed by atoms with Gasteiger partial charge in [-0.15, -0.1) is 0 Å². The normalized spacial score (nSPS) is 14.6. The van der Waals surface area contributed by atoms with E-state index >= 15 is 0 Å². The molecule has 1 fully saturated rings. The first kappa shape index (κ1) is 24.7. The summed E-state index contributed by atoms with van der Waals surface area (Å²) in [6.07, 6.45) is 4.75. The summed E-state index contributed by atoms with van der Waals surface area (Å²) in [6, 6.07) is 12.2. The van der Waals surface area contributed by atoms with Crippen molar-refractivity contribution in [3.63, 3.8) is 0 Å². The fraction of sp³-hybridized carbons (Fsp3) is 0.435. The number of hydrogen-bond donors (Lipinski definition) is 1. The minimum absolute atomic E-state index is 0.115. The van der Waals surface area contributed by atoms with Gasteiger partial charge in [-0.2, -0.15) is 0 Å². The number of nitro groups is 1. The van der Waals surface area contributed by atoms with Gasteiger partial charge in [0.05, 0.1) is 22.4 Å². The number of likely N-dealkylation sites (tertiary alicyclic amines) is 1. The van der Waals surface area contributed by atoms with Gasteiger partial charge in [0, 0.05) is 19.2 Å². The van der Waals surface area contributed by atoms with Crippen molar-refractivity contribution >= 4 is 27.3 Å². The van der Waals surface area contributed by atoms with Gasteiger partial charge in [-0.05, 0) is 50.0 Å². The van der Waals surface area contributed by atoms with Crippen molar-refractivity contribution in [2.24, 2.45) is 0 Å². The highest BCUT2D eigenvalue weighted by molar-refractivity contribution is 7.92.